The Balaban J connectivity index is 2.06. The van der Waals surface area contributed by atoms with Crippen molar-refractivity contribution in [2.45, 2.75) is 17.6 Å². The van der Waals surface area contributed by atoms with E-state index >= 15 is 0 Å². The largest absolute Gasteiger partial charge is 0.383 e. The van der Waals surface area contributed by atoms with Gasteiger partial charge in [0.15, 0.2) is 5.16 Å². The Morgan fingerprint density at radius 2 is 2.38 bits per heavy atom. The van der Waals surface area contributed by atoms with E-state index in [1.165, 1.54) is 11.8 Å². The number of likely N-dealkylation sites (tertiary alicyclic amines) is 1. The number of thioether (sulfide) groups is 1. The molecule has 0 bridgehead atoms. The van der Waals surface area contributed by atoms with Gasteiger partial charge in [0.05, 0.1) is 0 Å². The number of aromatic nitrogens is 2. The van der Waals surface area contributed by atoms with Gasteiger partial charge in [-0.05, 0) is 26.3 Å². The first-order chi connectivity index (χ1) is 7.67. The standard InChI is InChI=1S/C10H17N5S/c1-15-4-3-7(6-15)12-9-5-8(11)13-10(14-9)16-2/h5,7H,3-4,6H2,1-2H3,(H3,11,12,13,14). The first-order valence-electron chi connectivity index (χ1n) is 5.31. The Bertz CT molecular complexity index is 370. The van der Waals surface area contributed by atoms with Crippen LogP contribution in [0.1, 0.15) is 6.42 Å². The third-order valence-electron chi connectivity index (χ3n) is 2.65. The molecule has 1 saturated heterocycles. The molecular weight excluding hydrogens is 222 g/mol. The van der Waals surface area contributed by atoms with Crippen molar-refractivity contribution in [2.24, 2.45) is 0 Å². The van der Waals surface area contributed by atoms with Crippen molar-refractivity contribution in [3.05, 3.63) is 6.07 Å². The third kappa shape index (κ3) is 2.76. The van der Waals surface area contributed by atoms with Crippen LogP contribution in [0, 0.1) is 0 Å². The Morgan fingerprint density at radius 1 is 1.56 bits per heavy atom. The second-order valence-electron chi connectivity index (χ2n) is 4.06. The fraction of sp³-hybridized carbons (Fsp3) is 0.600. The van der Waals surface area contributed by atoms with E-state index in [2.05, 4.69) is 27.2 Å². The van der Waals surface area contributed by atoms with Crippen LogP contribution in [0.2, 0.25) is 0 Å². The minimum absolute atomic E-state index is 0.467. The summed E-state index contributed by atoms with van der Waals surface area (Å²) in [5, 5.41) is 4.12. The molecule has 88 valence electrons. The fourth-order valence-corrected chi connectivity index (χ4v) is 2.26. The van der Waals surface area contributed by atoms with Gasteiger partial charge < -0.3 is 16.0 Å². The molecule has 1 fully saturated rings. The summed E-state index contributed by atoms with van der Waals surface area (Å²) in [5.41, 5.74) is 5.72. The molecule has 0 spiro atoms. The highest BCUT2D eigenvalue weighted by atomic mass is 32.2. The number of hydrogen-bond donors (Lipinski definition) is 2. The van der Waals surface area contributed by atoms with E-state index in [-0.39, 0.29) is 0 Å². The number of nitrogens with one attached hydrogen (secondary N) is 1. The summed E-state index contributed by atoms with van der Waals surface area (Å²) in [7, 11) is 2.13. The van der Waals surface area contributed by atoms with Crippen molar-refractivity contribution < 1.29 is 0 Å². The molecule has 5 nitrogen and oxygen atoms in total. The maximum absolute atomic E-state index is 5.72. The molecule has 1 aliphatic rings. The van der Waals surface area contributed by atoms with Crippen molar-refractivity contribution in [2.75, 3.05) is 37.4 Å². The van der Waals surface area contributed by atoms with Crippen molar-refractivity contribution >= 4 is 23.4 Å². The SMILES string of the molecule is CSc1nc(N)cc(NC2CCN(C)C2)n1. The molecule has 1 unspecified atom stereocenters. The van der Waals surface area contributed by atoms with Crippen LogP contribution >= 0.6 is 11.8 Å². The number of nitrogen functional groups attached to an aromatic ring is 1. The van der Waals surface area contributed by atoms with E-state index in [1.54, 1.807) is 6.07 Å². The molecule has 3 N–H and O–H groups in total. The van der Waals surface area contributed by atoms with Crippen LogP contribution < -0.4 is 11.1 Å². The van der Waals surface area contributed by atoms with Gasteiger partial charge in [-0.25, -0.2) is 9.97 Å². The van der Waals surface area contributed by atoms with Crippen LogP contribution in [0.15, 0.2) is 11.2 Å². The molecule has 0 aromatic carbocycles. The molecule has 0 radical (unpaired) electrons. The molecule has 2 rings (SSSR count). The Labute approximate surface area is 99.8 Å². The molecule has 6 heteroatoms. The number of likely N-dealkylation sites (N-methyl/N-ethyl adjacent to an activating group) is 1. The van der Waals surface area contributed by atoms with Gasteiger partial charge in [0.2, 0.25) is 0 Å². The van der Waals surface area contributed by atoms with Gasteiger partial charge in [0.25, 0.3) is 0 Å². The van der Waals surface area contributed by atoms with Gasteiger partial charge in [-0.1, -0.05) is 11.8 Å². The topological polar surface area (TPSA) is 67.1 Å². The predicted octanol–water partition coefficient (Wildman–Crippen LogP) is 0.897. The Kier molecular flexibility index (Phi) is 3.50. The number of anilines is 2. The van der Waals surface area contributed by atoms with Gasteiger partial charge in [0, 0.05) is 18.7 Å². The number of hydrogen-bond acceptors (Lipinski definition) is 6. The second kappa shape index (κ2) is 4.88. The molecule has 1 aliphatic heterocycles. The van der Waals surface area contributed by atoms with E-state index in [0.717, 1.165) is 25.3 Å². The van der Waals surface area contributed by atoms with E-state index in [9.17, 15) is 0 Å². The summed E-state index contributed by atoms with van der Waals surface area (Å²) in [6.07, 6.45) is 3.09. The minimum Gasteiger partial charge on any atom is -0.383 e. The normalized spacial score (nSPS) is 21.2. The van der Waals surface area contributed by atoms with Crippen LogP contribution in [-0.4, -0.2) is 47.3 Å². The van der Waals surface area contributed by atoms with Crippen molar-refractivity contribution in [1.29, 1.82) is 0 Å². The van der Waals surface area contributed by atoms with Crippen molar-refractivity contribution in [1.82, 2.24) is 14.9 Å². The third-order valence-corrected chi connectivity index (χ3v) is 3.20. The van der Waals surface area contributed by atoms with E-state index in [0.29, 0.717) is 17.0 Å². The highest BCUT2D eigenvalue weighted by Crippen LogP contribution is 2.18. The molecular formula is C10H17N5S. The fourth-order valence-electron chi connectivity index (χ4n) is 1.87. The van der Waals surface area contributed by atoms with Crippen LogP contribution in [0.4, 0.5) is 11.6 Å². The number of nitrogens with two attached hydrogens (primary N) is 1. The summed E-state index contributed by atoms with van der Waals surface area (Å²) in [4.78, 5) is 10.8. The molecule has 0 aliphatic carbocycles. The smallest absolute Gasteiger partial charge is 0.191 e. The van der Waals surface area contributed by atoms with Crippen LogP contribution in [0.3, 0.4) is 0 Å². The minimum atomic E-state index is 0.467. The number of rotatable bonds is 3. The highest BCUT2D eigenvalue weighted by molar-refractivity contribution is 7.98. The molecule has 1 aromatic heterocycles. The number of nitrogens with zero attached hydrogens (tertiary/aromatic N) is 3. The lowest BCUT2D eigenvalue weighted by molar-refractivity contribution is 0.414. The predicted molar refractivity (Wildman–Crippen MR) is 67.8 cm³/mol. The van der Waals surface area contributed by atoms with E-state index in [1.807, 2.05) is 6.26 Å². The molecule has 1 aromatic rings. The van der Waals surface area contributed by atoms with Crippen molar-refractivity contribution in [3.63, 3.8) is 0 Å². The summed E-state index contributed by atoms with van der Waals surface area (Å²) in [6, 6.07) is 2.26. The van der Waals surface area contributed by atoms with Gasteiger partial charge in [-0.15, -0.1) is 0 Å². The summed E-state index contributed by atoms with van der Waals surface area (Å²) < 4.78 is 0. The molecule has 0 saturated carbocycles. The average molecular weight is 239 g/mol. The van der Waals surface area contributed by atoms with Gasteiger partial charge >= 0.3 is 0 Å². The lowest BCUT2D eigenvalue weighted by Crippen LogP contribution is -2.24. The maximum Gasteiger partial charge on any atom is 0.191 e. The molecule has 16 heavy (non-hydrogen) atoms. The molecule has 1 atom stereocenters. The molecule has 2 heterocycles. The van der Waals surface area contributed by atoms with Crippen LogP contribution in [0.5, 0.6) is 0 Å². The van der Waals surface area contributed by atoms with Gasteiger partial charge in [0.1, 0.15) is 11.6 Å². The zero-order valence-electron chi connectivity index (χ0n) is 9.60. The lowest BCUT2D eigenvalue weighted by Gasteiger charge is -2.14. The highest BCUT2D eigenvalue weighted by Gasteiger charge is 2.19. The van der Waals surface area contributed by atoms with E-state index in [4.69, 9.17) is 5.73 Å². The average Bonchev–Trinajstić information content (AvgIpc) is 2.63. The maximum atomic E-state index is 5.72. The Morgan fingerprint density at radius 3 is 3.00 bits per heavy atom. The first kappa shape index (κ1) is 11.5. The first-order valence-corrected chi connectivity index (χ1v) is 6.53. The summed E-state index contributed by atoms with van der Waals surface area (Å²) >= 11 is 1.50. The van der Waals surface area contributed by atoms with Gasteiger partial charge in [-0.2, -0.15) is 0 Å². The molecule has 0 amide bonds. The lowest BCUT2D eigenvalue weighted by atomic mass is 10.2. The quantitative estimate of drug-likeness (QED) is 0.603. The summed E-state index contributed by atoms with van der Waals surface area (Å²) in [6.45, 7) is 2.19. The van der Waals surface area contributed by atoms with Crippen LogP contribution in [0.25, 0.3) is 0 Å². The zero-order chi connectivity index (χ0) is 11.5. The second-order valence-corrected chi connectivity index (χ2v) is 4.83. The Hall–Kier alpha value is -1.01. The van der Waals surface area contributed by atoms with Crippen LogP contribution in [-0.2, 0) is 0 Å². The zero-order valence-corrected chi connectivity index (χ0v) is 10.4. The van der Waals surface area contributed by atoms with E-state index < -0.39 is 0 Å². The van der Waals surface area contributed by atoms with Gasteiger partial charge in [-0.3, -0.25) is 0 Å². The monoisotopic (exact) mass is 239 g/mol. The summed E-state index contributed by atoms with van der Waals surface area (Å²) in [5.74, 6) is 1.35. The van der Waals surface area contributed by atoms with Crippen molar-refractivity contribution in [3.8, 4) is 0 Å².